The minimum atomic E-state index is -0.367. The number of hydrogen-bond acceptors (Lipinski definition) is 3. The number of hydrogen-bond donors (Lipinski definition) is 2. The maximum Gasteiger partial charge on any atom is 0.0982 e. The van der Waals surface area contributed by atoms with E-state index in [0.717, 1.165) is 19.3 Å². The summed E-state index contributed by atoms with van der Waals surface area (Å²) in [4.78, 5) is 0. The molecular formula is C27H40O3. The Morgan fingerprint density at radius 2 is 1.77 bits per heavy atom. The van der Waals surface area contributed by atoms with Crippen LogP contribution >= 0.6 is 0 Å². The van der Waals surface area contributed by atoms with E-state index in [4.69, 9.17) is 9.84 Å². The van der Waals surface area contributed by atoms with Gasteiger partial charge in [0.1, 0.15) is 0 Å². The predicted octanol–water partition coefficient (Wildman–Crippen LogP) is 5.98. The molecule has 3 heteroatoms. The first kappa shape index (κ1) is 24.6. The largest absolute Gasteiger partial charge is 0.396 e. The summed E-state index contributed by atoms with van der Waals surface area (Å²) in [5.41, 5.74) is 4.54. The summed E-state index contributed by atoms with van der Waals surface area (Å²) in [7, 11) is 0. The van der Waals surface area contributed by atoms with Gasteiger partial charge in [-0.2, -0.15) is 0 Å². The minimum absolute atomic E-state index is 0.0320. The van der Waals surface area contributed by atoms with Gasteiger partial charge >= 0.3 is 0 Å². The predicted molar refractivity (Wildman–Crippen MR) is 126 cm³/mol. The summed E-state index contributed by atoms with van der Waals surface area (Å²) in [6.45, 7) is 13.0. The van der Waals surface area contributed by atoms with E-state index in [-0.39, 0.29) is 29.8 Å². The van der Waals surface area contributed by atoms with E-state index in [1.54, 1.807) is 0 Å². The van der Waals surface area contributed by atoms with Crippen LogP contribution in [0.3, 0.4) is 0 Å². The molecule has 0 aromatic rings. The van der Waals surface area contributed by atoms with Gasteiger partial charge in [0, 0.05) is 13.0 Å². The number of rotatable bonds is 8. The molecule has 3 nitrogen and oxygen atoms in total. The Bertz CT molecular complexity index is 776. The Kier molecular flexibility index (Phi) is 8.66. The summed E-state index contributed by atoms with van der Waals surface area (Å²) in [5.74, 6) is 0. The van der Waals surface area contributed by atoms with Crippen molar-refractivity contribution in [3.8, 4) is 0 Å². The zero-order valence-corrected chi connectivity index (χ0v) is 19.6. The van der Waals surface area contributed by atoms with Gasteiger partial charge in [0.15, 0.2) is 0 Å². The molecule has 0 saturated heterocycles. The van der Waals surface area contributed by atoms with E-state index in [1.165, 1.54) is 22.3 Å². The van der Waals surface area contributed by atoms with Crippen LogP contribution < -0.4 is 0 Å². The Hall–Kier alpha value is -1.68. The molecule has 1 heterocycles. The van der Waals surface area contributed by atoms with Crippen molar-refractivity contribution < 1.29 is 14.9 Å². The second-order valence-corrected chi connectivity index (χ2v) is 9.70. The third-order valence-corrected chi connectivity index (χ3v) is 6.12. The standard InChI is InChI=1S/C27H40O3/c1-20(11-7-8-12-21(2)14-10-16-28)13-9-15-22(3)24-17-25-26(4,5)18-23(29)19-27(25,6)30-24/h7-9,11-13,15,17,23-24,28-29H,10,14,16,18-19H2,1-6H3/b8-7+,13-9+,20-11+,21-12?,22-15+. The zero-order chi connectivity index (χ0) is 22.4. The fourth-order valence-electron chi connectivity index (χ4n) is 4.62. The highest BCUT2D eigenvalue weighted by atomic mass is 16.5. The van der Waals surface area contributed by atoms with Crippen LogP contribution in [0.5, 0.6) is 0 Å². The molecule has 30 heavy (non-hydrogen) atoms. The van der Waals surface area contributed by atoms with E-state index < -0.39 is 0 Å². The van der Waals surface area contributed by atoms with Gasteiger partial charge in [-0.1, -0.05) is 67.5 Å². The molecule has 1 aliphatic heterocycles. The van der Waals surface area contributed by atoms with Crippen LogP contribution in [0.2, 0.25) is 0 Å². The highest BCUT2D eigenvalue weighted by Crippen LogP contribution is 2.51. The molecule has 166 valence electrons. The van der Waals surface area contributed by atoms with Gasteiger partial charge in [-0.05, 0) is 69.6 Å². The van der Waals surface area contributed by atoms with Crippen LogP contribution in [-0.4, -0.2) is 34.6 Å². The molecule has 2 aliphatic rings. The molecule has 0 aromatic heterocycles. The van der Waals surface area contributed by atoms with Gasteiger partial charge < -0.3 is 14.9 Å². The lowest BCUT2D eigenvalue weighted by atomic mass is 9.65. The fraction of sp³-hybridized carbons (Fsp3) is 0.556. The lowest BCUT2D eigenvalue weighted by molar-refractivity contribution is -0.0683. The number of aliphatic hydroxyl groups excluding tert-OH is 2. The fourth-order valence-corrected chi connectivity index (χ4v) is 4.62. The van der Waals surface area contributed by atoms with Crippen molar-refractivity contribution >= 4 is 0 Å². The molecule has 0 spiro atoms. The molecule has 1 saturated carbocycles. The maximum absolute atomic E-state index is 10.3. The minimum Gasteiger partial charge on any atom is -0.396 e. The SMILES string of the molecule is CC(=C/C=C/C=C(C)/C=C/C=C(\C)C1C=C2C(C)(C)CC(O)CC2(C)O1)CCCO. The molecule has 3 unspecified atom stereocenters. The first-order valence-electron chi connectivity index (χ1n) is 11.1. The van der Waals surface area contributed by atoms with Crippen LogP contribution in [0.1, 0.15) is 67.2 Å². The van der Waals surface area contributed by atoms with E-state index in [1.807, 2.05) is 12.2 Å². The van der Waals surface area contributed by atoms with Crippen molar-refractivity contribution in [3.63, 3.8) is 0 Å². The van der Waals surface area contributed by atoms with Gasteiger partial charge in [-0.3, -0.25) is 0 Å². The number of ether oxygens (including phenoxy) is 1. The summed E-state index contributed by atoms with van der Waals surface area (Å²) >= 11 is 0. The molecule has 1 aliphatic carbocycles. The van der Waals surface area contributed by atoms with E-state index in [0.29, 0.717) is 6.42 Å². The van der Waals surface area contributed by atoms with E-state index in [9.17, 15) is 5.11 Å². The summed E-state index contributed by atoms with van der Waals surface area (Å²) < 4.78 is 6.41. The monoisotopic (exact) mass is 412 g/mol. The zero-order valence-electron chi connectivity index (χ0n) is 19.6. The highest BCUT2D eigenvalue weighted by Gasteiger charge is 2.50. The average molecular weight is 413 g/mol. The number of aliphatic hydroxyl groups is 2. The van der Waals surface area contributed by atoms with Crippen molar-refractivity contribution in [1.82, 2.24) is 0 Å². The average Bonchev–Trinajstić information content (AvgIpc) is 3.01. The van der Waals surface area contributed by atoms with E-state index >= 15 is 0 Å². The third kappa shape index (κ3) is 6.66. The quantitative estimate of drug-likeness (QED) is 0.381. The first-order chi connectivity index (χ1) is 14.1. The second-order valence-electron chi connectivity index (χ2n) is 9.70. The maximum atomic E-state index is 10.3. The molecule has 2 N–H and O–H groups in total. The van der Waals surface area contributed by atoms with Crippen LogP contribution in [-0.2, 0) is 4.74 Å². The Balaban J connectivity index is 1.98. The van der Waals surface area contributed by atoms with Crippen molar-refractivity contribution in [2.24, 2.45) is 5.41 Å². The molecular weight excluding hydrogens is 372 g/mol. The third-order valence-electron chi connectivity index (χ3n) is 6.12. The van der Waals surface area contributed by atoms with Crippen LogP contribution in [0.4, 0.5) is 0 Å². The Morgan fingerprint density at radius 1 is 1.07 bits per heavy atom. The molecule has 0 aromatic carbocycles. The lowest BCUT2D eigenvalue weighted by Crippen LogP contribution is -2.45. The molecule has 2 rings (SSSR count). The normalized spacial score (nSPS) is 30.3. The highest BCUT2D eigenvalue weighted by molar-refractivity contribution is 5.37. The van der Waals surface area contributed by atoms with Gasteiger partial charge in [0.2, 0.25) is 0 Å². The Morgan fingerprint density at radius 3 is 2.47 bits per heavy atom. The van der Waals surface area contributed by atoms with Crippen molar-refractivity contribution in [2.45, 2.75) is 85.0 Å². The van der Waals surface area contributed by atoms with Crippen LogP contribution in [0.25, 0.3) is 0 Å². The molecule has 1 fully saturated rings. The molecule has 3 atom stereocenters. The van der Waals surface area contributed by atoms with Gasteiger partial charge in [-0.25, -0.2) is 0 Å². The topological polar surface area (TPSA) is 49.7 Å². The van der Waals surface area contributed by atoms with Crippen LogP contribution in [0, 0.1) is 5.41 Å². The van der Waals surface area contributed by atoms with Crippen molar-refractivity contribution in [2.75, 3.05) is 6.61 Å². The van der Waals surface area contributed by atoms with Crippen molar-refractivity contribution in [3.05, 3.63) is 70.9 Å². The molecule has 0 amide bonds. The van der Waals surface area contributed by atoms with Crippen molar-refractivity contribution in [1.29, 1.82) is 0 Å². The summed E-state index contributed by atoms with van der Waals surface area (Å²) in [5, 5.41) is 19.1. The molecule has 0 bridgehead atoms. The number of allylic oxidation sites excluding steroid dienone is 9. The first-order valence-corrected chi connectivity index (χ1v) is 11.1. The van der Waals surface area contributed by atoms with Gasteiger partial charge in [0.05, 0.1) is 17.8 Å². The number of fused-ring (bicyclic) bond motifs is 1. The van der Waals surface area contributed by atoms with Crippen LogP contribution in [0.15, 0.2) is 70.9 Å². The molecule has 0 radical (unpaired) electrons. The Labute approximate surface area is 183 Å². The van der Waals surface area contributed by atoms with Gasteiger partial charge in [0.25, 0.3) is 0 Å². The second kappa shape index (κ2) is 10.6. The summed E-state index contributed by atoms with van der Waals surface area (Å²) in [6, 6.07) is 0. The summed E-state index contributed by atoms with van der Waals surface area (Å²) in [6.07, 6.45) is 19.7. The lowest BCUT2D eigenvalue weighted by Gasteiger charge is -2.44. The van der Waals surface area contributed by atoms with E-state index in [2.05, 4.69) is 78.0 Å². The van der Waals surface area contributed by atoms with Gasteiger partial charge in [-0.15, -0.1) is 0 Å². The smallest absolute Gasteiger partial charge is 0.0982 e.